The molecule has 1 saturated carbocycles. The van der Waals surface area contributed by atoms with Gasteiger partial charge in [0.15, 0.2) is 5.69 Å². The van der Waals surface area contributed by atoms with Crippen LogP contribution in [0.25, 0.3) is 0 Å². The van der Waals surface area contributed by atoms with Gasteiger partial charge in [0, 0.05) is 19.0 Å². The first-order chi connectivity index (χ1) is 9.81. The van der Waals surface area contributed by atoms with Crippen molar-refractivity contribution >= 4 is 21.9 Å². The van der Waals surface area contributed by atoms with Crippen LogP contribution in [0.3, 0.4) is 0 Å². The van der Waals surface area contributed by atoms with Gasteiger partial charge in [0.25, 0.3) is 0 Å². The molecule has 21 heavy (non-hydrogen) atoms. The summed E-state index contributed by atoms with van der Waals surface area (Å²) in [6.07, 6.45) is 1.90. The Bertz CT molecular complexity index is 662. The number of aryl methyl sites for hydroxylation is 1. The number of aromatic carboxylic acids is 1. The minimum Gasteiger partial charge on any atom is -0.476 e. The molecule has 1 aromatic rings. The molecular weight excluding hydrogens is 300 g/mol. The van der Waals surface area contributed by atoms with Crippen molar-refractivity contribution in [2.45, 2.75) is 37.1 Å². The first-order valence-corrected chi connectivity index (χ1v) is 7.87. The van der Waals surface area contributed by atoms with E-state index in [1.807, 2.05) is 0 Å². The van der Waals surface area contributed by atoms with Crippen LogP contribution in [0.1, 0.15) is 35.4 Å². The molecule has 1 aromatic heterocycles. The van der Waals surface area contributed by atoms with Gasteiger partial charge >= 0.3 is 5.97 Å². The fraction of sp³-hybridized carbons (Fsp3) is 0.545. The Labute approximate surface area is 121 Å². The molecule has 0 radical (unpaired) electrons. The molecule has 1 aliphatic carbocycles. The van der Waals surface area contributed by atoms with E-state index in [0.29, 0.717) is 0 Å². The van der Waals surface area contributed by atoms with Crippen molar-refractivity contribution in [2.24, 2.45) is 0 Å². The standard InChI is InChI=1S/C11H16N4O5S/c1-6-10(9(11(17)18)15-14-6)21(19,20)12-5-4-8(16)13-7-2-3-7/h7,12H,2-5H2,1H3,(H,13,16)(H,14,15)(H,17,18). The predicted molar refractivity (Wildman–Crippen MR) is 71.3 cm³/mol. The third-order valence-electron chi connectivity index (χ3n) is 2.95. The Morgan fingerprint density at radius 1 is 1.43 bits per heavy atom. The topological polar surface area (TPSA) is 141 Å². The van der Waals surface area contributed by atoms with Gasteiger partial charge in [-0.15, -0.1) is 0 Å². The molecule has 0 aromatic carbocycles. The number of hydrogen-bond donors (Lipinski definition) is 4. The summed E-state index contributed by atoms with van der Waals surface area (Å²) in [5, 5.41) is 17.4. The Morgan fingerprint density at radius 3 is 2.67 bits per heavy atom. The van der Waals surface area contributed by atoms with Crippen molar-refractivity contribution in [2.75, 3.05) is 6.54 Å². The Morgan fingerprint density at radius 2 is 2.10 bits per heavy atom. The normalized spacial score (nSPS) is 14.9. The van der Waals surface area contributed by atoms with Crippen LogP contribution in [0.2, 0.25) is 0 Å². The molecule has 0 atom stereocenters. The maximum absolute atomic E-state index is 12.1. The minimum absolute atomic E-state index is 0.00493. The summed E-state index contributed by atoms with van der Waals surface area (Å²) in [5.41, 5.74) is -0.440. The number of aromatic nitrogens is 2. The number of aromatic amines is 1. The van der Waals surface area contributed by atoms with Gasteiger partial charge in [-0.05, 0) is 19.8 Å². The maximum atomic E-state index is 12.1. The lowest BCUT2D eigenvalue weighted by Crippen LogP contribution is -2.32. The zero-order valence-electron chi connectivity index (χ0n) is 11.3. The number of carbonyl (C=O) groups excluding carboxylic acids is 1. The molecule has 9 nitrogen and oxygen atoms in total. The van der Waals surface area contributed by atoms with Gasteiger partial charge in [0.05, 0.1) is 5.69 Å². The first-order valence-electron chi connectivity index (χ1n) is 6.38. The van der Waals surface area contributed by atoms with Gasteiger partial charge in [0.2, 0.25) is 15.9 Å². The lowest BCUT2D eigenvalue weighted by molar-refractivity contribution is -0.121. The van der Waals surface area contributed by atoms with Crippen molar-refractivity contribution < 1.29 is 23.1 Å². The van der Waals surface area contributed by atoms with Crippen LogP contribution in [0, 0.1) is 6.92 Å². The molecule has 0 bridgehead atoms. The van der Waals surface area contributed by atoms with E-state index >= 15 is 0 Å². The lowest BCUT2D eigenvalue weighted by Gasteiger charge is -2.07. The first kappa shape index (κ1) is 15.4. The number of amides is 1. The quantitative estimate of drug-likeness (QED) is 0.527. The molecule has 1 aliphatic rings. The van der Waals surface area contributed by atoms with E-state index < -0.39 is 26.6 Å². The molecule has 10 heteroatoms. The van der Waals surface area contributed by atoms with Crippen molar-refractivity contribution in [1.82, 2.24) is 20.2 Å². The molecule has 1 fully saturated rings. The third-order valence-corrected chi connectivity index (χ3v) is 4.57. The van der Waals surface area contributed by atoms with Crippen LogP contribution >= 0.6 is 0 Å². The molecule has 116 valence electrons. The highest BCUT2D eigenvalue weighted by molar-refractivity contribution is 7.89. The van der Waals surface area contributed by atoms with E-state index in [1.165, 1.54) is 6.92 Å². The highest BCUT2D eigenvalue weighted by atomic mass is 32.2. The monoisotopic (exact) mass is 316 g/mol. The SMILES string of the molecule is Cc1[nH]nc(C(=O)O)c1S(=O)(=O)NCCC(=O)NC1CC1. The van der Waals surface area contributed by atoms with Crippen LogP contribution in [0.5, 0.6) is 0 Å². The van der Waals surface area contributed by atoms with Crippen molar-refractivity contribution in [3.05, 3.63) is 11.4 Å². The summed E-state index contributed by atoms with van der Waals surface area (Å²) in [6, 6.07) is 0.212. The number of nitrogens with zero attached hydrogens (tertiary/aromatic N) is 1. The van der Waals surface area contributed by atoms with Crippen LogP contribution in [0.15, 0.2) is 4.90 Å². The summed E-state index contributed by atoms with van der Waals surface area (Å²) in [4.78, 5) is 22.0. The number of rotatable bonds is 7. The number of sulfonamides is 1. The minimum atomic E-state index is -4.04. The third kappa shape index (κ3) is 3.79. The van der Waals surface area contributed by atoms with Gasteiger partial charge < -0.3 is 10.4 Å². The Balaban J connectivity index is 1.99. The number of nitrogens with one attached hydrogen (secondary N) is 3. The molecule has 0 aliphatic heterocycles. The van der Waals surface area contributed by atoms with E-state index in [-0.39, 0.29) is 30.6 Å². The molecule has 4 N–H and O–H groups in total. The molecule has 0 spiro atoms. The summed E-state index contributed by atoms with van der Waals surface area (Å²) >= 11 is 0. The molecule has 1 heterocycles. The van der Waals surface area contributed by atoms with Crippen LogP contribution in [0.4, 0.5) is 0 Å². The second kappa shape index (κ2) is 5.82. The number of hydrogen-bond acceptors (Lipinski definition) is 5. The van der Waals surface area contributed by atoms with Crippen molar-refractivity contribution in [3.8, 4) is 0 Å². The second-order valence-corrected chi connectivity index (χ2v) is 6.52. The van der Waals surface area contributed by atoms with Gasteiger partial charge in [-0.1, -0.05) is 0 Å². The second-order valence-electron chi connectivity index (χ2n) is 4.82. The zero-order valence-corrected chi connectivity index (χ0v) is 12.2. The van der Waals surface area contributed by atoms with Crippen molar-refractivity contribution in [1.29, 1.82) is 0 Å². The van der Waals surface area contributed by atoms with E-state index in [1.54, 1.807) is 0 Å². The fourth-order valence-corrected chi connectivity index (χ4v) is 3.14. The number of H-pyrrole nitrogens is 1. The lowest BCUT2D eigenvalue weighted by atomic mass is 10.4. The summed E-state index contributed by atoms with van der Waals surface area (Å²) < 4.78 is 26.4. The average molecular weight is 316 g/mol. The highest BCUT2D eigenvalue weighted by Gasteiger charge is 2.28. The molecule has 0 unspecified atom stereocenters. The van der Waals surface area contributed by atoms with Gasteiger partial charge in [-0.2, -0.15) is 5.10 Å². The fourth-order valence-electron chi connectivity index (χ4n) is 1.79. The van der Waals surface area contributed by atoms with E-state index in [9.17, 15) is 18.0 Å². The largest absolute Gasteiger partial charge is 0.476 e. The van der Waals surface area contributed by atoms with Gasteiger partial charge in [-0.3, -0.25) is 9.89 Å². The van der Waals surface area contributed by atoms with Crippen molar-refractivity contribution in [3.63, 3.8) is 0 Å². The van der Waals surface area contributed by atoms with Crippen LogP contribution < -0.4 is 10.0 Å². The highest BCUT2D eigenvalue weighted by Crippen LogP contribution is 2.19. The van der Waals surface area contributed by atoms with Gasteiger partial charge in [0.1, 0.15) is 4.90 Å². The van der Waals surface area contributed by atoms with E-state index in [2.05, 4.69) is 20.2 Å². The number of carboxylic acid groups (broad SMARTS) is 1. The van der Waals surface area contributed by atoms with Crippen LogP contribution in [-0.4, -0.2) is 48.2 Å². The predicted octanol–water partition coefficient (Wildman–Crippen LogP) is -0.637. The Kier molecular flexibility index (Phi) is 4.28. The Hall–Kier alpha value is -1.94. The summed E-state index contributed by atoms with van der Waals surface area (Å²) in [7, 11) is -4.04. The zero-order chi connectivity index (χ0) is 15.6. The van der Waals surface area contributed by atoms with E-state index in [4.69, 9.17) is 5.11 Å². The van der Waals surface area contributed by atoms with Crippen LogP contribution in [-0.2, 0) is 14.8 Å². The molecule has 2 rings (SSSR count). The number of carboxylic acids is 1. The summed E-state index contributed by atoms with van der Waals surface area (Å²) in [5.74, 6) is -1.67. The van der Waals surface area contributed by atoms with E-state index in [0.717, 1.165) is 12.8 Å². The molecule has 0 saturated heterocycles. The maximum Gasteiger partial charge on any atom is 0.357 e. The number of carbonyl (C=O) groups is 2. The molecular formula is C11H16N4O5S. The van der Waals surface area contributed by atoms with Gasteiger partial charge in [-0.25, -0.2) is 17.9 Å². The summed E-state index contributed by atoms with van der Waals surface area (Å²) in [6.45, 7) is 1.30. The smallest absolute Gasteiger partial charge is 0.357 e. The average Bonchev–Trinajstić information content (AvgIpc) is 3.07. The molecule has 1 amide bonds.